The molecule has 0 spiro atoms. The lowest BCUT2D eigenvalue weighted by molar-refractivity contribution is -0.143. The molecule has 234 valence electrons. The number of aromatic amines is 1. The van der Waals surface area contributed by atoms with Gasteiger partial charge >= 0.3 is 5.97 Å². The molecular formula is C35H35N7O4. The van der Waals surface area contributed by atoms with Gasteiger partial charge in [0, 0.05) is 30.4 Å². The maximum Gasteiger partial charge on any atom is 0.347 e. The van der Waals surface area contributed by atoms with Crippen molar-refractivity contribution in [1.82, 2.24) is 30.4 Å². The van der Waals surface area contributed by atoms with Crippen molar-refractivity contribution in [3.8, 4) is 22.5 Å². The Balaban J connectivity index is 1.16. The van der Waals surface area contributed by atoms with Gasteiger partial charge in [-0.05, 0) is 52.1 Å². The molecule has 0 saturated heterocycles. The lowest BCUT2D eigenvalue weighted by atomic mass is 9.98. The number of rotatable bonds is 9. The van der Waals surface area contributed by atoms with E-state index in [0.717, 1.165) is 58.6 Å². The Kier molecular flexibility index (Phi) is 7.73. The number of carbonyl (C=O) groups is 2. The molecule has 2 N–H and O–H groups in total. The van der Waals surface area contributed by atoms with E-state index in [9.17, 15) is 14.7 Å². The molecule has 4 aromatic rings. The molecule has 3 aliphatic rings. The second kappa shape index (κ2) is 12.2. The number of tetrazole rings is 1. The Morgan fingerprint density at radius 3 is 2.46 bits per heavy atom. The van der Waals surface area contributed by atoms with Gasteiger partial charge in [-0.1, -0.05) is 80.1 Å². The van der Waals surface area contributed by atoms with Crippen molar-refractivity contribution in [2.24, 2.45) is 0 Å². The van der Waals surface area contributed by atoms with Gasteiger partial charge in [0.15, 0.2) is 11.4 Å². The van der Waals surface area contributed by atoms with Crippen LogP contribution in [-0.4, -0.2) is 73.2 Å². The first-order chi connectivity index (χ1) is 22.5. The van der Waals surface area contributed by atoms with E-state index in [2.05, 4.69) is 68.7 Å². The largest absolute Gasteiger partial charge is 0.509 e. The number of ether oxygens (including phenoxy) is 1. The number of unbranched alkanes of at least 4 members (excludes halogenated alkanes) is 1. The lowest BCUT2D eigenvalue weighted by Gasteiger charge is -2.34. The zero-order chi connectivity index (χ0) is 31.8. The molecule has 46 heavy (non-hydrogen) atoms. The summed E-state index contributed by atoms with van der Waals surface area (Å²) >= 11 is 0. The van der Waals surface area contributed by atoms with Crippen LogP contribution in [0.5, 0.6) is 0 Å². The molecule has 7 rings (SSSR count). The Morgan fingerprint density at radius 1 is 1.00 bits per heavy atom. The van der Waals surface area contributed by atoms with Gasteiger partial charge in [0.05, 0.1) is 18.3 Å². The first-order valence-electron chi connectivity index (χ1n) is 15.6. The second-order valence-corrected chi connectivity index (χ2v) is 11.8. The van der Waals surface area contributed by atoms with E-state index in [0.29, 0.717) is 12.2 Å². The highest BCUT2D eigenvalue weighted by Crippen LogP contribution is 2.44. The zero-order valence-corrected chi connectivity index (χ0v) is 25.8. The number of benzene rings is 3. The minimum Gasteiger partial charge on any atom is -0.509 e. The number of aliphatic hydroxyl groups is 1. The Morgan fingerprint density at radius 2 is 1.74 bits per heavy atom. The molecular weight excluding hydrogens is 582 g/mol. The maximum absolute atomic E-state index is 13.6. The average molecular weight is 618 g/mol. The third kappa shape index (κ3) is 5.07. The fourth-order valence-electron chi connectivity index (χ4n) is 6.79. The molecule has 0 bridgehead atoms. The number of amides is 1. The van der Waals surface area contributed by atoms with Crippen molar-refractivity contribution in [3.05, 3.63) is 107 Å². The molecule has 11 heteroatoms. The Bertz CT molecular complexity index is 1820. The van der Waals surface area contributed by atoms with E-state index in [4.69, 9.17) is 4.74 Å². The van der Waals surface area contributed by atoms with Crippen LogP contribution in [0.25, 0.3) is 22.5 Å². The number of nitrogens with one attached hydrogen (secondary N) is 1. The highest BCUT2D eigenvalue weighted by Gasteiger charge is 2.50. The lowest BCUT2D eigenvalue weighted by Crippen LogP contribution is -2.44. The third-order valence-electron chi connectivity index (χ3n) is 9.14. The van der Waals surface area contributed by atoms with Crippen LogP contribution < -0.4 is 4.90 Å². The summed E-state index contributed by atoms with van der Waals surface area (Å²) in [5, 5.41) is 25.6. The van der Waals surface area contributed by atoms with Crippen molar-refractivity contribution in [2.45, 2.75) is 51.4 Å². The van der Waals surface area contributed by atoms with Crippen LogP contribution in [0.3, 0.4) is 0 Å². The number of fused-ring (bicyclic) bond motifs is 1. The highest BCUT2D eigenvalue weighted by atomic mass is 16.5. The van der Waals surface area contributed by atoms with Gasteiger partial charge in [0.1, 0.15) is 18.5 Å². The zero-order valence-electron chi connectivity index (χ0n) is 25.8. The summed E-state index contributed by atoms with van der Waals surface area (Å²) in [5.41, 5.74) is 6.53. The SMILES string of the molecule is CCCCC1N(C)C2=C(CN3C(=O)C(C(=O)OCc4ccccc4)=C(O)C3C2)N1c1ccc(-c2ccccc2-c2nnn[nH]2)cc1. The van der Waals surface area contributed by atoms with E-state index >= 15 is 0 Å². The van der Waals surface area contributed by atoms with E-state index in [-0.39, 0.29) is 30.6 Å². The van der Waals surface area contributed by atoms with Gasteiger partial charge in [-0.3, -0.25) is 4.79 Å². The predicted octanol–water partition coefficient (Wildman–Crippen LogP) is 5.18. The third-order valence-corrected chi connectivity index (χ3v) is 9.14. The number of H-pyrrole nitrogens is 1. The molecule has 11 nitrogen and oxygen atoms in total. The Labute approximate surface area is 266 Å². The molecule has 3 aliphatic heterocycles. The summed E-state index contributed by atoms with van der Waals surface area (Å²) in [6, 6.07) is 25.0. The molecule has 0 saturated carbocycles. The van der Waals surface area contributed by atoms with E-state index in [1.807, 2.05) is 54.6 Å². The van der Waals surface area contributed by atoms with Crippen LogP contribution in [-0.2, 0) is 20.9 Å². The number of carbonyl (C=O) groups excluding carboxylic acids is 2. The van der Waals surface area contributed by atoms with Crippen molar-refractivity contribution in [3.63, 3.8) is 0 Å². The highest BCUT2D eigenvalue weighted by molar-refractivity contribution is 6.18. The number of anilines is 1. The number of hydrogen-bond acceptors (Lipinski definition) is 9. The first-order valence-corrected chi connectivity index (χ1v) is 15.6. The monoisotopic (exact) mass is 617 g/mol. The van der Waals surface area contributed by atoms with E-state index in [1.165, 1.54) is 0 Å². The van der Waals surface area contributed by atoms with Crippen molar-refractivity contribution < 1.29 is 19.4 Å². The van der Waals surface area contributed by atoms with E-state index < -0.39 is 17.9 Å². The van der Waals surface area contributed by atoms with Gasteiger partial charge in [0.2, 0.25) is 0 Å². The van der Waals surface area contributed by atoms with Crippen LogP contribution in [0.4, 0.5) is 5.69 Å². The molecule has 4 heterocycles. The summed E-state index contributed by atoms with van der Waals surface area (Å²) < 4.78 is 5.45. The molecule has 0 radical (unpaired) electrons. The van der Waals surface area contributed by atoms with Gasteiger partial charge < -0.3 is 24.5 Å². The number of nitrogens with zero attached hydrogens (tertiary/aromatic N) is 6. The topological polar surface area (TPSA) is 128 Å². The van der Waals surface area contributed by atoms with Gasteiger partial charge in [-0.2, -0.15) is 0 Å². The summed E-state index contributed by atoms with van der Waals surface area (Å²) in [6.45, 7) is 2.47. The fourth-order valence-corrected chi connectivity index (χ4v) is 6.79. The second-order valence-electron chi connectivity index (χ2n) is 11.8. The summed E-state index contributed by atoms with van der Waals surface area (Å²) in [7, 11) is 2.08. The summed E-state index contributed by atoms with van der Waals surface area (Å²) in [4.78, 5) is 32.9. The molecule has 0 fully saturated rings. The number of esters is 1. The van der Waals surface area contributed by atoms with Crippen molar-refractivity contribution in [2.75, 3.05) is 18.5 Å². The van der Waals surface area contributed by atoms with Gasteiger partial charge in [-0.15, -0.1) is 5.10 Å². The van der Waals surface area contributed by atoms with Gasteiger partial charge in [-0.25, -0.2) is 9.89 Å². The molecule has 0 aliphatic carbocycles. The van der Waals surface area contributed by atoms with Crippen LogP contribution in [0.2, 0.25) is 0 Å². The summed E-state index contributed by atoms with van der Waals surface area (Å²) in [5.74, 6) is -0.913. The maximum atomic E-state index is 13.6. The normalized spacial score (nSPS) is 19.2. The van der Waals surface area contributed by atoms with Crippen LogP contribution in [0, 0.1) is 0 Å². The minimum absolute atomic E-state index is 0.0224. The smallest absolute Gasteiger partial charge is 0.347 e. The quantitative estimate of drug-likeness (QED) is 0.193. The number of aromatic nitrogens is 4. The Hall–Kier alpha value is -5.45. The number of hydrogen-bond donors (Lipinski definition) is 2. The van der Waals surface area contributed by atoms with Gasteiger partial charge in [0.25, 0.3) is 5.91 Å². The van der Waals surface area contributed by atoms with Crippen LogP contribution in [0.15, 0.2) is 102 Å². The molecule has 2 atom stereocenters. The first kappa shape index (κ1) is 29.3. The molecule has 1 amide bonds. The summed E-state index contributed by atoms with van der Waals surface area (Å²) in [6.07, 6.45) is 3.49. The van der Waals surface area contributed by atoms with E-state index in [1.54, 1.807) is 4.90 Å². The predicted molar refractivity (Wildman–Crippen MR) is 172 cm³/mol. The van der Waals surface area contributed by atoms with Crippen LogP contribution in [0.1, 0.15) is 38.2 Å². The minimum atomic E-state index is -0.802. The standard InChI is InChI=1S/C35H35N7O4/c1-3-4-14-30-40(2)27-19-28-32(43)31(35(45)46-21-22-10-6-5-7-11-22)34(44)41(28)20-29(27)42(30)24-17-15-23(16-18-24)25-12-8-9-13-26(25)33-36-38-39-37-33/h5-13,15-18,28,30,43H,3-4,14,19-21H2,1-2H3,(H,36,37,38,39). The van der Waals surface area contributed by atoms with Crippen molar-refractivity contribution >= 4 is 17.6 Å². The number of aliphatic hydroxyl groups excluding tert-OH is 1. The van der Waals surface area contributed by atoms with Crippen molar-refractivity contribution in [1.29, 1.82) is 0 Å². The fraction of sp³-hybridized carbons (Fsp3) is 0.286. The molecule has 2 unspecified atom stereocenters. The van der Waals surface area contributed by atoms with Crippen LogP contribution >= 0.6 is 0 Å². The molecule has 3 aromatic carbocycles. The molecule has 1 aromatic heterocycles. The average Bonchev–Trinajstić information content (AvgIpc) is 3.79.